The van der Waals surface area contributed by atoms with Gasteiger partial charge in [-0.1, -0.05) is 41.5 Å². The van der Waals surface area contributed by atoms with Gasteiger partial charge in [-0.2, -0.15) is 0 Å². The number of fused-ring (bicyclic) bond motifs is 1. The van der Waals surface area contributed by atoms with E-state index in [2.05, 4.69) is 63.6 Å². The smallest absolute Gasteiger partial charge is 0.200 e. The first-order valence-corrected chi connectivity index (χ1v) is 13.2. The second-order valence-corrected chi connectivity index (χ2v) is 15.1. The largest absolute Gasteiger partial charge is 0.415 e. The van der Waals surface area contributed by atoms with Crippen molar-refractivity contribution in [2.24, 2.45) is 0 Å². The lowest BCUT2D eigenvalue weighted by atomic mass is 9.98. The Labute approximate surface area is 175 Å². The van der Waals surface area contributed by atoms with Crippen LogP contribution in [0.3, 0.4) is 0 Å². The van der Waals surface area contributed by atoms with Crippen molar-refractivity contribution < 1.29 is 8.82 Å². The summed E-state index contributed by atoms with van der Waals surface area (Å²) in [6.45, 7) is 18.7. The van der Waals surface area contributed by atoms with Crippen LogP contribution in [-0.4, -0.2) is 47.5 Å². The van der Waals surface area contributed by atoms with Crippen LogP contribution in [0.25, 0.3) is 5.65 Å². The number of aromatic nitrogens is 3. The van der Waals surface area contributed by atoms with Crippen molar-refractivity contribution in [3.63, 3.8) is 0 Å². The summed E-state index contributed by atoms with van der Waals surface area (Å²) in [7, 11) is -1.87. The molecule has 1 saturated heterocycles. The first kappa shape index (κ1) is 22.4. The molecule has 0 spiro atoms. The standard InChI is InChI=1S/C22H37FN4OSi/c1-16(2)29(17(3)4,18(5)6)28-14-13-26-12-8-11-22(26,7)21-25-24-20-10-9-19(23)15-27(20)21/h9-10,15-18H,8,11-14H2,1-7H3. The zero-order valence-corrected chi connectivity index (χ0v) is 20.1. The van der Waals surface area contributed by atoms with E-state index in [0.29, 0.717) is 22.3 Å². The molecule has 0 saturated carbocycles. The van der Waals surface area contributed by atoms with E-state index in [1.807, 2.05) is 4.40 Å². The Morgan fingerprint density at radius 3 is 2.38 bits per heavy atom. The summed E-state index contributed by atoms with van der Waals surface area (Å²) in [5.41, 5.74) is 2.17. The molecule has 162 valence electrons. The predicted molar refractivity (Wildman–Crippen MR) is 118 cm³/mol. The molecule has 1 aliphatic heterocycles. The van der Waals surface area contributed by atoms with Gasteiger partial charge < -0.3 is 4.43 Å². The molecule has 1 aliphatic rings. The third-order valence-electron chi connectivity index (χ3n) is 7.06. The molecule has 0 bridgehead atoms. The van der Waals surface area contributed by atoms with E-state index in [9.17, 15) is 4.39 Å². The second kappa shape index (κ2) is 8.44. The van der Waals surface area contributed by atoms with Gasteiger partial charge in [-0.3, -0.25) is 9.30 Å². The number of hydrogen-bond donors (Lipinski definition) is 0. The fourth-order valence-electron chi connectivity index (χ4n) is 5.70. The molecule has 1 fully saturated rings. The Kier molecular flexibility index (Phi) is 6.51. The van der Waals surface area contributed by atoms with E-state index < -0.39 is 8.32 Å². The highest BCUT2D eigenvalue weighted by Gasteiger charge is 2.46. The molecular weight excluding hydrogens is 383 g/mol. The monoisotopic (exact) mass is 420 g/mol. The minimum Gasteiger partial charge on any atom is -0.415 e. The zero-order valence-electron chi connectivity index (χ0n) is 19.1. The Morgan fingerprint density at radius 2 is 1.76 bits per heavy atom. The number of nitrogens with zero attached hydrogens (tertiary/aromatic N) is 4. The summed E-state index contributed by atoms with van der Waals surface area (Å²) in [4.78, 5) is 2.45. The van der Waals surface area contributed by atoms with Crippen LogP contribution in [-0.2, 0) is 9.96 Å². The van der Waals surface area contributed by atoms with Crippen molar-refractivity contribution in [1.29, 1.82) is 0 Å². The number of halogens is 1. The molecule has 0 radical (unpaired) electrons. The molecule has 2 aromatic rings. The van der Waals surface area contributed by atoms with Crippen molar-refractivity contribution in [2.75, 3.05) is 19.7 Å². The van der Waals surface area contributed by atoms with Crippen LogP contribution < -0.4 is 0 Å². The predicted octanol–water partition coefficient (Wildman–Crippen LogP) is 5.37. The Balaban J connectivity index is 1.79. The van der Waals surface area contributed by atoms with Crippen LogP contribution >= 0.6 is 0 Å². The minimum atomic E-state index is -1.87. The Hall–Kier alpha value is -1.31. The maximum Gasteiger partial charge on any atom is 0.200 e. The maximum absolute atomic E-state index is 13.9. The molecule has 7 heteroatoms. The van der Waals surface area contributed by atoms with Gasteiger partial charge in [-0.25, -0.2) is 4.39 Å². The van der Waals surface area contributed by atoms with E-state index in [4.69, 9.17) is 4.43 Å². The number of rotatable bonds is 8. The minimum absolute atomic E-state index is 0.256. The molecule has 1 atom stereocenters. The van der Waals surface area contributed by atoms with E-state index in [-0.39, 0.29) is 11.4 Å². The van der Waals surface area contributed by atoms with Crippen molar-refractivity contribution >= 4 is 14.0 Å². The molecule has 29 heavy (non-hydrogen) atoms. The van der Waals surface area contributed by atoms with Gasteiger partial charge >= 0.3 is 0 Å². The van der Waals surface area contributed by atoms with Crippen molar-refractivity contribution in [1.82, 2.24) is 19.5 Å². The molecule has 0 aromatic carbocycles. The van der Waals surface area contributed by atoms with E-state index in [0.717, 1.165) is 38.4 Å². The lowest BCUT2D eigenvalue weighted by Gasteiger charge is -2.43. The topological polar surface area (TPSA) is 42.7 Å². The van der Waals surface area contributed by atoms with E-state index in [1.165, 1.54) is 12.3 Å². The first-order valence-electron chi connectivity index (χ1n) is 11.0. The van der Waals surface area contributed by atoms with Crippen LogP contribution in [0.2, 0.25) is 16.6 Å². The quantitative estimate of drug-likeness (QED) is 0.538. The normalized spacial score (nSPS) is 21.3. The number of hydrogen-bond acceptors (Lipinski definition) is 4. The molecule has 3 rings (SSSR count). The van der Waals surface area contributed by atoms with Gasteiger partial charge in [-0.05, 0) is 55.1 Å². The van der Waals surface area contributed by atoms with Crippen molar-refractivity contribution in [3.05, 3.63) is 30.0 Å². The molecular formula is C22H37FN4OSi. The van der Waals surface area contributed by atoms with Gasteiger partial charge in [0, 0.05) is 19.3 Å². The second-order valence-electron chi connectivity index (χ2n) is 9.63. The molecule has 5 nitrogen and oxygen atoms in total. The third-order valence-corrected chi connectivity index (χ3v) is 13.2. The molecule has 0 amide bonds. The number of likely N-dealkylation sites (tertiary alicyclic amines) is 1. The summed E-state index contributed by atoms with van der Waals surface area (Å²) in [6.07, 6.45) is 3.59. The maximum atomic E-state index is 13.9. The van der Waals surface area contributed by atoms with Crippen LogP contribution in [0.15, 0.2) is 18.3 Å². The molecule has 0 N–H and O–H groups in total. The summed E-state index contributed by atoms with van der Waals surface area (Å²) < 4.78 is 22.5. The highest BCUT2D eigenvalue weighted by atomic mass is 28.4. The summed E-state index contributed by atoms with van der Waals surface area (Å²) in [5, 5.41) is 8.72. The number of pyridine rings is 1. The van der Waals surface area contributed by atoms with Gasteiger partial charge in [0.15, 0.2) is 19.8 Å². The SMILES string of the molecule is CC(C)[Si](OCCN1CCCC1(C)c1nnc2ccc(F)cn12)(C(C)C)C(C)C. The van der Waals surface area contributed by atoms with E-state index >= 15 is 0 Å². The highest BCUT2D eigenvalue weighted by molar-refractivity contribution is 6.77. The first-order chi connectivity index (χ1) is 13.6. The lowest BCUT2D eigenvalue weighted by molar-refractivity contribution is 0.114. The zero-order chi connectivity index (χ0) is 21.4. The van der Waals surface area contributed by atoms with Gasteiger partial charge in [0.25, 0.3) is 0 Å². The third kappa shape index (κ3) is 3.89. The average Bonchev–Trinajstić information content (AvgIpc) is 3.21. The van der Waals surface area contributed by atoms with Gasteiger partial charge in [0.2, 0.25) is 0 Å². The van der Waals surface area contributed by atoms with Gasteiger partial charge in [-0.15, -0.1) is 10.2 Å². The van der Waals surface area contributed by atoms with Gasteiger partial charge in [0.05, 0.1) is 5.54 Å². The average molecular weight is 421 g/mol. The summed E-state index contributed by atoms with van der Waals surface area (Å²) >= 11 is 0. The van der Waals surface area contributed by atoms with Crippen LogP contribution in [0, 0.1) is 5.82 Å². The molecule has 0 aliphatic carbocycles. The fraction of sp³-hybridized carbons (Fsp3) is 0.727. The lowest BCUT2D eigenvalue weighted by Crippen LogP contribution is -2.50. The Bertz CT molecular complexity index is 816. The van der Waals surface area contributed by atoms with Crippen LogP contribution in [0.4, 0.5) is 4.39 Å². The van der Waals surface area contributed by atoms with Gasteiger partial charge in [0.1, 0.15) is 5.82 Å². The summed E-state index contributed by atoms with van der Waals surface area (Å²) in [6, 6.07) is 3.12. The highest BCUT2D eigenvalue weighted by Crippen LogP contribution is 2.43. The van der Waals surface area contributed by atoms with E-state index in [1.54, 1.807) is 6.07 Å². The van der Waals surface area contributed by atoms with Crippen molar-refractivity contribution in [2.45, 2.75) is 83.5 Å². The van der Waals surface area contributed by atoms with Crippen molar-refractivity contribution in [3.8, 4) is 0 Å². The fourth-order valence-corrected chi connectivity index (χ4v) is 11.1. The van der Waals surface area contributed by atoms with Crippen LogP contribution in [0.5, 0.6) is 0 Å². The summed E-state index contributed by atoms with van der Waals surface area (Å²) in [5.74, 6) is 0.557. The van der Waals surface area contributed by atoms with Crippen LogP contribution in [0.1, 0.15) is 67.1 Å². The Morgan fingerprint density at radius 1 is 1.10 bits per heavy atom. The molecule has 3 heterocycles. The molecule has 1 unspecified atom stereocenters. The molecule has 2 aromatic heterocycles.